The SMILES string of the molecule is CC(=O)C[C@@H](C)CCN1CCC(Oc2nc3c(F)cc(OCC(F)F)c(F)c3n2C)CC1. The number of ether oxygens (including phenoxy) is 2. The Morgan fingerprint density at radius 2 is 1.97 bits per heavy atom. The number of hydrogen-bond donors (Lipinski definition) is 0. The van der Waals surface area contributed by atoms with Crippen LogP contribution in [0.4, 0.5) is 17.6 Å². The first-order valence-corrected chi connectivity index (χ1v) is 10.8. The van der Waals surface area contributed by atoms with E-state index in [2.05, 4.69) is 16.8 Å². The summed E-state index contributed by atoms with van der Waals surface area (Å²) in [6.07, 6.45) is 0.0493. The van der Waals surface area contributed by atoms with Crippen molar-refractivity contribution in [2.24, 2.45) is 13.0 Å². The lowest BCUT2D eigenvalue weighted by atomic mass is 10.0. The van der Waals surface area contributed by atoms with Crippen molar-refractivity contribution in [3.63, 3.8) is 0 Å². The standard InChI is InChI=1S/C22H29F4N3O3/c1-13(10-14(2)30)4-7-29-8-5-15(6-9-29)32-22-27-20-16(23)11-17(31-12-18(24)25)19(26)21(20)28(22)3/h11,13,15,18H,4-10,12H2,1-3H3/t13-/m0/s1. The summed E-state index contributed by atoms with van der Waals surface area (Å²) in [6.45, 7) is 5.19. The molecule has 1 aliphatic rings. The van der Waals surface area contributed by atoms with Crippen molar-refractivity contribution in [1.29, 1.82) is 0 Å². The Hall–Kier alpha value is -2.36. The second-order valence-corrected chi connectivity index (χ2v) is 8.48. The van der Waals surface area contributed by atoms with Crippen LogP contribution in [0.25, 0.3) is 11.0 Å². The minimum atomic E-state index is -2.80. The molecule has 2 aromatic rings. The largest absolute Gasteiger partial charge is 0.484 e. The summed E-state index contributed by atoms with van der Waals surface area (Å²) < 4.78 is 65.8. The van der Waals surface area contributed by atoms with Crippen LogP contribution >= 0.6 is 0 Å². The number of piperidine rings is 1. The quantitative estimate of drug-likeness (QED) is 0.495. The predicted molar refractivity (Wildman–Crippen MR) is 111 cm³/mol. The number of benzene rings is 1. The number of imidazole rings is 1. The molecule has 0 saturated carbocycles. The van der Waals surface area contributed by atoms with Gasteiger partial charge in [-0.3, -0.25) is 4.57 Å². The fraction of sp³-hybridized carbons (Fsp3) is 0.636. The van der Waals surface area contributed by atoms with Crippen LogP contribution in [0.15, 0.2) is 6.07 Å². The number of halogens is 4. The second-order valence-electron chi connectivity index (χ2n) is 8.48. The maximum absolute atomic E-state index is 14.8. The predicted octanol–water partition coefficient (Wildman–Crippen LogP) is 4.34. The first-order valence-electron chi connectivity index (χ1n) is 10.8. The van der Waals surface area contributed by atoms with Crippen molar-refractivity contribution in [2.45, 2.75) is 52.1 Å². The zero-order chi connectivity index (χ0) is 23.4. The Balaban J connectivity index is 1.62. The lowest BCUT2D eigenvalue weighted by Gasteiger charge is -2.32. The molecule has 0 unspecified atom stereocenters. The Morgan fingerprint density at radius 1 is 1.28 bits per heavy atom. The minimum Gasteiger partial charge on any atom is -0.484 e. The number of nitrogens with zero attached hydrogens (tertiary/aromatic N) is 3. The highest BCUT2D eigenvalue weighted by atomic mass is 19.3. The van der Waals surface area contributed by atoms with E-state index >= 15 is 0 Å². The molecule has 0 bridgehead atoms. The van der Waals surface area contributed by atoms with Gasteiger partial charge in [-0.25, -0.2) is 17.6 Å². The Labute approximate surface area is 184 Å². The van der Waals surface area contributed by atoms with Gasteiger partial charge in [0.1, 0.15) is 29.5 Å². The van der Waals surface area contributed by atoms with Crippen LogP contribution in [-0.4, -0.2) is 59.0 Å². The van der Waals surface area contributed by atoms with Gasteiger partial charge in [-0.2, -0.15) is 4.98 Å². The molecule has 178 valence electrons. The number of hydrogen-bond acceptors (Lipinski definition) is 5. The third-order valence-corrected chi connectivity index (χ3v) is 5.71. The highest BCUT2D eigenvalue weighted by Gasteiger charge is 2.26. The van der Waals surface area contributed by atoms with Crippen LogP contribution < -0.4 is 9.47 Å². The highest BCUT2D eigenvalue weighted by molar-refractivity contribution is 5.80. The molecule has 0 spiro atoms. The van der Waals surface area contributed by atoms with E-state index in [-0.39, 0.29) is 28.9 Å². The summed E-state index contributed by atoms with van der Waals surface area (Å²) in [6, 6.07) is 0.792. The summed E-state index contributed by atoms with van der Waals surface area (Å²) in [7, 11) is 1.48. The van der Waals surface area contributed by atoms with Crippen molar-refractivity contribution in [3.05, 3.63) is 17.7 Å². The Bertz CT molecular complexity index is 942. The van der Waals surface area contributed by atoms with Gasteiger partial charge in [-0.1, -0.05) is 6.92 Å². The lowest BCUT2D eigenvalue weighted by molar-refractivity contribution is -0.117. The molecule has 0 aliphatic carbocycles. The number of carbonyl (C=O) groups is 1. The van der Waals surface area contributed by atoms with Gasteiger partial charge in [-0.05, 0) is 38.6 Å². The van der Waals surface area contributed by atoms with Gasteiger partial charge in [-0.15, -0.1) is 0 Å². The van der Waals surface area contributed by atoms with Gasteiger partial charge < -0.3 is 19.2 Å². The van der Waals surface area contributed by atoms with Gasteiger partial charge in [0.2, 0.25) is 0 Å². The van der Waals surface area contributed by atoms with Crippen molar-refractivity contribution in [3.8, 4) is 11.8 Å². The molecular formula is C22H29F4N3O3. The number of Topliss-reactive ketones (excluding diaryl/α,β-unsaturated/α-hetero) is 1. The van der Waals surface area contributed by atoms with Gasteiger partial charge >= 0.3 is 0 Å². The van der Waals surface area contributed by atoms with Gasteiger partial charge in [0.15, 0.2) is 17.4 Å². The van der Waals surface area contributed by atoms with Crippen LogP contribution in [-0.2, 0) is 11.8 Å². The third kappa shape index (κ3) is 5.90. The first kappa shape index (κ1) is 24.3. The molecule has 3 rings (SSSR count). The van der Waals surface area contributed by atoms with Crippen molar-refractivity contribution >= 4 is 16.8 Å². The van der Waals surface area contributed by atoms with E-state index in [4.69, 9.17) is 9.47 Å². The van der Waals surface area contributed by atoms with Gasteiger partial charge in [0.05, 0.1) is 0 Å². The number of rotatable bonds is 10. The van der Waals surface area contributed by atoms with E-state index < -0.39 is 30.4 Å². The van der Waals surface area contributed by atoms with Crippen LogP contribution in [0.1, 0.15) is 39.5 Å². The van der Waals surface area contributed by atoms with Gasteiger partial charge in [0.25, 0.3) is 12.4 Å². The zero-order valence-electron chi connectivity index (χ0n) is 18.5. The molecule has 1 saturated heterocycles. The van der Waals surface area contributed by atoms with Crippen LogP contribution in [0, 0.1) is 17.6 Å². The molecule has 1 aromatic heterocycles. The number of alkyl halides is 2. The lowest BCUT2D eigenvalue weighted by Crippen LogP contribution is -2.39. The summed E-state index contributed by atoms with van der Waals surface area (Å²) in [4.78, 5) is 17.6. The van der Waals surface area contributed by atoms with E-state index in [0.717, 1.165) is 45.0 Å². The molecule has 1 aromatic carbocycles. The third-order valence-electron chi connectivity index (χ3n) is 5.71. The average Bonchev–Trinajstić information content (AvgIpc) is 3.05. The molecule has 2 heterocycles. The fourth-order valence-electron chi connectivity index (χ4n) is 4.02. The molecule has 1 fully saturated rings. The van der Waals surface area contributed by atoms with Crippen molar-refractivity contribution < 1.29 is 31.8 Å². The molecule has 10 heteroatoms. The van der Waals surface area contributed by atoms with E-state index in [1.54, 1.807) is 6.92 Å². The Kier molecular flexibility index (Phi) is 7.97. The maximum Gasteiger partial charge on any atom is 0.297 e. The molecule has 32 heavy (non-hydrogen) atoms. The maximum atomic E-state index is 14.8. The van der Waals surface area contributed by atoms with Crippen LogP contribution in [0.3, 0.4) is 0 Å². The van der Waals surface area contributed by atoms with Crippen molar-refractivity contribution in [1.82, 2.24) is 14.5 Å². The summed E-state index contributed by atoms with van der Waals surface area (Å²) in [5.41, 5.74) is -0.428. The van der Waals surface area contributed by atoms with Crippen molar-refractivity contribution in [2.75, 3.05) is 26.2 Å². The van der Waals surface area contributed by atoms with E-state index in [1.807, 2.05) is 0 Å². The number of carbonyl (C=O) groups excluding carboxylic acids is 1. The monoisotopic (exact) mass is 459 g/mol. The number of ketones is 1. The summed E-state index contributed by atoms with van der Waals surface area (Å²) in [5, 5.41) is 0. The molecular weight excluding hydrogens is 430 g/mol. The molecule has 6 nitrogen and oxygen atoms in total. The van der Waals surface area contributed by atoms with Crippen LogP contribution in [0.2, 0.25) is 0 Å². The first-order chi connectivity index (χ1) is 15.2. The zero-order valence-corrected chi connectivity index (χ0v) is 18.5. The highest BCUT2D eigenvalue weighted by Crippen LogP contribution is 2.32. The molecule has 0 N–H and O–H groups in total. The van der Waals surface area contributed by atoms with Gasteiger partial charge in [0, 0.05) is 32.6 Å². The smallest absolute Gasteiger partial charge is 0.297 e. The number of likely N-dealkylation sites (tertiary alicyclic amines) is 1. The Morgan fingerprint density at radius 3 is 2.59 bits per heavy atom. The minimum absolute atomic E-state index is 0.0670. The van der Waals surface area contributed by atoms with Crippen LogP contribution in [0.5, 0.6) is 11.8 Å². The fourth-order valence-corrected chi connectivity index (χ4v) is 4.02. The average molecular weight is 459 g/mol. The number of aryl methyl sites for hydroxylation is 1. The summed E-state index contributed by atoms with van der Waals surface area (Å²) >= 11 is 0. The van der Waals surface area contributed by atoms with E-state index in [1.165, 1.54) is 11.6 Å². The van der Waals surface area contributed by atoms with E-state index in [9.17, 15) is 22.4 Å². The molecule has 1 atom stereocenters. The molecule has 1 aliphatic heterocycles. The molecule has 0 radical (unpaired) electrons. The number of aromatic nitrogens is 2. The number of fused-ring (bicyclic) bond motifs is 1. The summed E-state index contributed by atoms with van der Waals surface area (Å²) in [5.74, 6) is -1.86. The second kappa shape index (κ2) is 10.5. The van der Waals surface area contributed by atoms with E-state index in [0.29, 0.717) is 12.3 Å². The normalized spacial score (nSPS) is 16.6. The topological polar surface area (TPSA) is 56.6 Å². The molecule has 0 amide bonds.